The second-order valence-electron chi connectivity index (χ2n) is 3.74. The Kier molecular flexibility index (Phi) is 19.1. The van der Waals surface area contributed by atoms with Crippen LogP contribution in [0.4, 0.5) is 0 Å². The van der Waals surface area contributed by atoms with Crippen LogP contribution in [-0.2, 0) is 14.3 Å². The van der Waals surface area contributed by atoms with Gasteiger partial charge < -0.3 is 19.8 Å². The molecule has 3 unspecified atom stereocenters. The normalized spacial score (nSPS) is 14.4. The van der Waals surface area contributed by atoms with E-state index < -0.39 is 24.0 Å². The molecule has 0 bridgehead atoms. The van der Waals surface area contributed by atoms with E-state index in [0.29, 0.717) is 0 Å². The Morgan fingerprint density at radius 1 is 1.26 bits per heavy atom. The van der Waals surface area contributed by atoms with Crippen LogP contribution in [0.15, 0.2) is 0 Å². The summed E-state index contributed by atoms with van der Waals surface area (Å²) in [6, 6.07) is -0.730. The molecule has 0 aromatic rings. The Hall–Kier alpha value is 2.25. The Balaban J connectivity index is -0.00000128. The standard InChI is InChI=1S/C10H19NO5S.2Ac/c1-6(9(14)10(15)7(2)12)11(8(3)13)4-16-5-17;;/h6,9-10,14-15,17H,4-5H2,1-3H3;;. The van der Waals surface area contributed by atoms with E-state index in [1.165, 1.54) is 25.7 Å². The summed E-state index contributed by atoms with van der Waals surface area (Å²) in [5.74, 6) is -0.751. The van der Waals surface area contributed by atoms with Gasteiger partial charge in [-0.2, -0.15) is 12.6 Å². The first kappa shape index (κ1) is 26.2. The number of ketones is 1. The van der Waals surface area contributed by atoms with Gasteiger partial charge in [-0.15, -0.1) is 0 Å². The second-order valence-corrected chi connectivity index (χ2v) is 4.00. The molecular formula is C10H19Ac2NO5S. The van der Waals surface area contributed by atoms with Gasteiger partial charge in [0.25, 0.3) is 0 Å². The maximum Gasteiger partial charge on any atom is 0.221 e. The molecule has 19 heavy (non-hydrogen) atoms. The molecule has 0 aliphatic carbocycles. The smallest absolute Gasteiger partial charge is 0.221 e. The number of aliphatic hydroxyl groups is 2. The van der Waals surface area contributed by atoms with E-state index in [4.69, 9.17) is 4.74 Å². The van der Waals surface area contributed by atoms with E-state index in [2.05, 4.69) is 12.6 Å². The Morgan fingerprint density at radius 3 is 2.05 bits per heavy atom. The number of carbonyl (C=O) groups excluding carboxylic acids is 2. The van der Waals surface area contributed by atoms with Gasteiger partial charge >= 0.3 is 0 Å². The molecule has 106 valence electrons. The zero-order chi connectivity index (χ0) is 13.6. The fourth-order valence-electron chi connectivity index (χ4n) is 1.32. The minimum Gasteiger partial charge on any atom is -0.388 e. The minimum atomic E-state index is -1.51. The van der Waals surface area contributed by atoms with Crippen molar-refractivity contribution in [3.05, 3.63) is 0 Å². The maximum absolute atomic E-state index is 11.3. The van der Waals surface area contributed by atoms with Gasteiger partial charge in [0.05, 0.1) is 12.0 Å². The van der Waals surface area contributed by atoms with Crippen molar-refractivity contribution >= 4 is 24.3 Å². The molecule has 2 radical (unpaired) electrons. The Labute approximate surface area is 190 Å². The summed E-state index contributed by atoms with van der Waals surface area (Å²) in [7, 11) is 0. The molecule has 6 nitrogen and oxygen atoms in total. The Bertz CT molecular complexity index is 283. The van der Waals surface area contributed by atoms with E-state index in [-0.39, 0.29) is 107 Å². The molecule has 0 saturated carbocycles. The van der Waals surface area contributed by atoms with Crippen LogP contribution in [0.2, 0.25) is 0 Å². The monoisotopic (exact) mass is 719 g/mol. The van der Waals surface area contributed by atoms with Crippen molar-refractivity contribution in [3.8, 4) is 0 Å². The molecular weight excluding hydrogens is 700 g/mol. The van der Waals surface area contributed by atoms with E-state index in [1.54, 1.807) is 0 Å². The topological polar surface area (TPSA) is 87.1 Å². The zero-order valence-electron chi connectivity index (χ0n) is 11.3. The molecule has 0 rings (SSSR count). The van der Waals surface area contributed by atoms with Crippen LogP contribution in [0.5, 0.6) is 0 Å². The van der Waals surface area contributed by atoms with Crippen molar-refractivity contribution in [2.75, 3.05) is 12.7 Å². The summed E-state index contributed by atoms with van der Waals surface area (Å²) in [6.07, 6.45) is -2.86. The van der Waals surface area contributed by atoms with Crippen LogP contribution in [0.1, 0.15) is 20.8 Å². The van der Waals surface area contributed by atoms with Crippen molar-refractivity contribution in [2.45, 2.75) is 39.0 Å². The van der Waals surface area contributed by atoms with Crippen LogP contribution < -0.4 is 0 Å². The van der Waals surface area contributed by atoms with Gasteiger partial charge in [-0.3, -0.25) is 9.59 Å². The summed E-state index contributed by atoms with van der Waals surface area (Å²) in [6.45, 7) is 3.95. The number of aliphatic hydroxyl groups excluding tert-OH is 2. The number of hydrogen-bond acceptors (Lipinski definition) is 6. The third-order valence-corrected chi connectivity index (χ3v) is 2.63. The molecule has 0 aromatic heterocycles. The molecule has 0 aromatic carbocycles. The van der Waals surface area contributed by atoms with Gasteiger partial charge in [-0.05, 0) is 13.8 Å². The van der Waals surface area contributed by atoms with Gasteiger partial charge in [0, 0.05) is 95.0 Å². The van der Waals surface area contributed by atoms with Crippen LogP contribution in [0.3, 0.4) is 0 Å². The number of nitrogens with zero attached hydrogens (tertiary/aromatic N) is 1. The van der Waals surface area contributed by atoms with E-state index >= 15 is 0 Å². The Morgan fingerprint density at radius 2 is 1.74 bits per heavy atom. The largest absolute Gasteiger partial charge is 0.388 e. The second kappa shape index (κ2) is 13.9. The summed E-state index contributed by atoms with van der Waals surface area (Å²) >= 11 is 3.83. The van der Waals surface area contributed by atoms with Gasteiger partial charge in [0.15, 0.2) is 5.78 Å². The number of ether oxygens (including phenoxy) is 1. The molecule has 1 amide bonds. The summed E-state index contributed by atoms with van der Waals surface area (Å²) < 4.78 is 4.96. The molecule has 0 saturated heterocycles. The third kappa shape index (κ3) is 9.79. The molecule has 0 aliphatic rings. The molecule has 2 N–H and O–H groups in total. The molecule has 3 atom stereocenters. The van der Waals surface area contributed by atoms with Gasteiger partial charge in [-0.1, -0.05) is 0 Å². The number of rotatable bonds is 7. The molecule has 0 spiro atoms. The van der Waals surface area contributed by atoms with Gasteiger partial charge in [0.1, 0.15) is 18.9 Å². The first-order valence-electron chi connectivity index (χ1n) is 5.15. The number of carbonyl (C=O) groups is 2. The van der Waals surface area contributed by atoms with Crippen molar-refractivity contribution in [1.82, 2.24) is 4.90 Å². The van der Waals surface area contributed by atoms with Crippen molar-refractivity contribution < 1.29 is 113 Å². The van der Waals surface area contributed by atoms with Crippen molar-refractivity contribution in [1.29, 1.82) is 0 Å². The van der Waals surface area contributed by atoms with Crippen LogP contribution in [0, 0.1) is 88.1 Å². The first-order chi connectivity index (χ1) is 7.82. The van der Waals surface area contributed by atoms with Gasteiger partial charge in [0.2, 0.25) is 5.91 Å². The maximum atomic E-state index is 11.3. The van der Waals surface area contributed by atoms with E-state index in [0.717, 1.165) is 0 Å². The van der Waals surface area contributed by atoms with Crippen LogP contribution in [-0.4, -0.2) is 57.7 Å². The molecule has 9 heteroatoms. The molecule has 0 fully saturated rings. The SMILES string of the molecule is CC(=O)C(O)C(O)C(C)N(COCS)C(C)=O.[Ac].[Ac]. The average molecular weight is 719 g/mol. The average Bonchev–Trinajstić information content (AvgIpc) is 2.26. The molecule has 0 heterocycles. The predicted molar refractivity (Wildman–Crippen MR) is 64.5 cm³/mol. The zero-order valence-corrected chi connectivity index (χ0v) is 21.7. The summed E-state index contributed by atoms with van der Waals surface area (Å²) in [5.41, 5.74) is 0. The first-order valence-corrected chi connectivity index (χ1v) is 5.78. The predicted octanol–water partition coefficient (Wildman–Crippen LogP) is -0.604. The van der Waals surface area contributed by atoms with E-state index in [1.807, 2.05) is 0 Å². The summed E-state index contributed by atoms with van der Waals surface area (Å²) in [5, 5.41) is 19.2. The quantitative estimate of drug-likeness (QED) is 0.242. The van der Waals surface area contributed by atoms with E-state index in [9.17, 15) is 19.8 Å². The van der Waals surface area contributed by atoms with Crippen LogP contribution >= 0.6 is 12.6 Å². The van der Waals surface area contributed by atoms with Crippen molar-refractivity contribution in [2.24, 2.45) is 0 Å². The fourth-order valence-corrected chi connectivity index (χ4v) is 1.40. The number of amides is 1. The number of thiol groups is 1. The molecule has 0 aliphatic heterocycles. The number of Topliss-reactive ketones (excluding diaryl/α,β-unsaturated/α-hetero) is 1. The van der Waals surface area contributed by atoms with Crippen LogP contribution in [0.25, 0.3) is 0 Å². The number of hydrogen-bond donors (Lipinski definition) is 3. The fraction of sp³-hybridized carbons (Fsp3) is 0.800. The third-order valence-electron chi connectivity index (χ3n) is 2.45. The van der Waals surface area contributed by atoms with Gasteiger partial charge in [-0.25, -0.2) is 0 Å². The summed E-state index contributed by atoms with van der Waals surface area (Å²) in [4.78, 5) is 23.5. The minimum absolute atomic E-state index is 0. The van der Waals surface area contributed by atoms with Crippen molar-refractivity contribution in [3.63, 3.8) is 0 Å².